The van der Waals surface area contributed by atoms with Gasteiger partial charge in [0, 0.05) is 25.8 Å². The molecule has 2 N–H and O–H groups in total. The highest BCUT2D eigenvalue weighted by Gasteiger charge is 2.20. The van der Waals surface area contributed by atoms with Gasteiger partial charge >= 0.3 is 0 Å². The van der Waals surface area contributed by atoms with Crippen LogP contribution in [0.3, 0.4) is 0 Å². The molecule has 1 atom stereocenters. The number of hydrogen-bond acceptors (Lipinski definition) is 5. The normalized spacial score (nSPS) is 18.1. The molecule has 1 saturated heterocycles. The number of carbonyl (C=O) groups excluding carboxylic acids is 1. The van der Waals surface area contributed by atoms with Crippen LogP contribution >= 0.6 is 0 Å². The molecule has 1 amide bonds. The lowest BCUT2D eigenvalue weighted by atomic mass is 10.2. The molecule has 1 unspecified atom stereocenters. The van der Waals surface area contributed by atoms with E-state index in [2.05, 4.69) is 20.7 Å². The van der Waals surface area contributed by atoms with Gasteiger partial charge in [-0.3, -0.25) is 9.48 Å². The summed E-state index contributed by atoms with van der Waals surface area (Å²) in [5.74, 6) is 0.746. The maximum absolute atomic E-state index is 12.2. The van der Waals surface area contributed by atoms with E-state index in [1.807, 2.05) is 7.05 Å². The van der Waals surface area contributed by atoms with Crippen molar-refractivity contribution in [2.45, 2.75) is 25.8 Å². The number of oxazole rings is 1. The number of hydrogen-bond donors (Lipinski definition) is 2. The molecule has 112 valence electrons. The van der Waals surface area contributed by atoms with E-state index in [-0.39, 0.29) is 5.91 Å². The van der Waals surface area contributed by atoms with Gasteiger partial charge in [-0.1, -0.05) is 0 Å². The summed E-state index contributed by atoms with van der Waals surface area (Å²) in [6.45, 7) is 3.39. The minimum absolute atomic E-state index is 0.194. The van der Waals surface area contributed by atoms with Crippen LogP contribution in [0.5, 0.6) is 0 Å². The molecule has 7 heteroatoms. The van der Waals surface area contributed by atoms with Gasteiger partial charge < -0.3 is 15.1 Å². The summed E-state index contributed by atoms with van der Waals surface area (Å²) in [6, 6.07) is 0.360. The smallest absolute Gasteiger partial charge is 0.273 e. The van der Waals surface area contributed by atoms with Gasteiger partial charge in [0.15, 0.2) is 5.69 Å². The summed E-state index contributed by atoms with van der Waals surface area (Å²) in [5.41, 5.74) is 1.10. The number of nitrogens with one attached hydrogen (secondary N) is 2. The minimum atomic E-state index is -0.194. The molecule has 0 spiro atoms. The first-order chi connectivity index (χ1) is 10.1. The first-order valence-electron chi connectivity index (χ1n) is 7.11. The van der Waals surface area contributed by atoms with Crippen LogP contribution in [0.1, 0.15) is 29.1 Å². The van der Waals surface area contributed by atoms with Crippen molar-refractivity contribution in [2.75, 3.05) is 13.1 Å². The summed E-state index contributed by atoms with van der Waals surface area (Å²) in [6.07, 6.45) is 5.72. The van der Waals surface area contributed by atoms with Crippen molar-refractivity contribution in [3.63, 3.8) is 0 Å². The number of carbonyl (C=O) groups is 1. The molecule has 21 heavy (non-hydrogen) atoms. The van der Waals surface area contributed by atoms with E-state index in [4.69, 9.17) is 4.42 Å². The van der Waals surface area contributed by atoms with Gasteiger partial charge in [-0.05, 0) is 26.3 Å². The fourth-order valence-electron chi connectivity index (χ4n) is 2.49. The van der Waals surface area contributed by atoms with Crippen molar-refractivity contribution in [1.82, 2.24) is 25.4 Å². The second-order valence-electron chi connectivity index (χ2n) is 5.33. The van der Waals surface area contributed by atoms with Gasteiger partial charge in [-0.2, -0.15) is 5.10 Å². The Morgan fingerprint density at radius 2 is 2.48 bits per heavy atom. The quantitative estimate of drug-likeness (QED) is 0.872. The number of nitrogens with zero attached hydrogens (tertiary/aromatic N) is 3. The lowest BCUT2D eigenvalue weighted by Gasteiger charge is -2.10. The van der Waals surface area contributed by atoms with Crippen LogP contribution in [0.25, 0.3) is 11.5 Å². The Balaban J connectivity index is 1.69. The predicted molar refractivity (Wildman–Crippen MR) is 76.8 cm³/mol. The lowest BCUT2D eigenvalue weighted by molar-refractivity contribution is 0.0944. The summed E-state index contributed by atoms with van der Waals surface area (Å²) < 4.78 is 7.23. The highest BCUT2D eigenvalue weighted by molar-refractivity contribution is 5.93. The average molecular weight is 289 g/mol. The third-order valence-electron chi connectivity index (χ3n) is 3.63. The van der Waals surface area contributed by atoms with E-state index in [9.17, 15) is 4.79 Å². The predicted octanol–water partition coefficient (Wildman–Crippen LogP) is 0.865. The van der Waals surface area contributed by atoms with Gasteiger partial charge in [0.05, 0.1) is 11.8 Å². The second kappa shape index (κ2) is 5.69. The summed E-state index contributed by atoms with van der Waals surface area (Å²) in [5, 5.41) is 10.3. The van der Waals surface area contributed by atoms with E-state index in [1.165, 1.54) is 0 Å². The first kappa shape index (κ1) is 13.8. The molecule has 3 heterocycles. The second-order valence-corrected chi connectivity index (χ2v) is 5.33. The van der Waals surface area contributed by atoms with E-state index >= 15 is 0 Å². The van der Waals surface area contributed by atoms with Crippen molar-refractivity contribution in [2.24, 2.45) is 7.05 Å². The van der Waals surface area contributed by atoms with Crippen LogP contribution < -0.4 is 10.6 Å². The molecule has 3 rings (SSSR count). The Hall–Kier alpha value is -2.15. The Kier molecular flexibility index (Phi) is 3.74. The standard InChI is InChI=1S/C14H19N5O2/c1-9-12(13(20)16-7-11-4-3-5-15-11)18-14(21-9)10-6-17-19(2)8-10/h6,8,11,15H,3-5,7H2,1-2H3,(H,16,20). The largest absolute Gasteiger partial charge is 0.440 e. The van der Waals surface area contributed by atoms with Crippen LogP contribution in [0.4, 0.5) is 0 Å². The number of aromatic nitrogens is 3. The van der Waals surface area contributed by atoms with Gasteiger partial charge in [0.2, 0.25) is 5.89 Å². The molecular weight excluding hydrogens is 270 g/mol. The van der Waals surface area contributed by atoms with Crippen LogP contribution in [-0.2, 0) is 7.05 Å². The monoisotopic (exact) mass is 289 g/mol. The molecule has 0 bridgehead atoms. The summed E-state index contributed by atoms with van der Waals surface area (Å²) in [7, 11) is 1.82. The van der Waals surface area contributed by atoms with Gasteiger partial charge in [-0.25, -0.2) is 4.98 Å². The SMILES string of the molecule is Cc1oc(-c2cnn(C)c2)nc1C(=O)NCC1CCCN1. The van der Waals surface area contributed by atoms with Crippen molar-refractivity contribution in [3.05, 3.63) is 23.8 Å². The average Bonchev–Trinajstić information content (AvgIpc) is 3.16. The molecule has 1 aliphatic heterocycles. The Morgan fingerprint density at radius 3 is 3.14 bits per heavy atom. The Bertz CT molecular complexity index is 640. The highest BCUT2D eigenvalue weighted by Crippen LogP contribution is 2.20. The molecule has 1 fully saturated rings. The van der Waals surface area contributed by atoms with Crippen molar-refractivity contribution >= 4 is 5.91 Å². The molecule has 2 aromatic rings. The summed E-state index contributed by atoms with van der Waals surface area (Å²) >= 11 is 0. The lowest BCUT2D eigenvalue weighted by Crippen LogP contribution is -2.37. The van der Waals surface area contributed by atoms with Gasteiger partial charge in [0.25, 0.3) is 5.91 Å². The molecule has 1 aliphatic rings. The zero-order valence-corrected chi connectivity index (χ0v) is 12.2. The number of aryl methyl sites for hydroxylation is 2. The van der Waals surface area contributed by atoms with Crippen molar-refractivity contribution in [3.8, 4) is 11.5 Å². The minimum Gasteiger partial charge on any atom is -0.440 e. The van der Waals surface area contributed by atoms with Crippen LogP contribution in [0.15, 0.2) is 16.8 Å². The van der Waals surface area contributed by atoms with E-state index in [1.54, 1.807) is 24.0 Å². The van der Waals surface area contributed by atoms with Crippen molar-refractivity contribution in [1.29, 1.82) is 0 Å². The zero-order chi connectivity index (χ0) is 14.8. The van der Waals surface area contributed by atoms with Crippen LogP contribution in [0, 0.1) is 6.92 Å². The summed E-state index contributed by atoms with van der Waals surface area (Å²) in [4.78, 5) is 16.5. The van der Waals surface area contributed by atoms with Gasteiger partial charge in [0.1, 0.15) is 5.76 Å². The molecular formula is C14H19N5O2. The molecule has 2 aromatic heterocycles. The van der Waals surface area contributed by atoms with Gasteiger partial charge in [-0.15, -0.1) is 0 Å². The molecule has 0 aromatic carbocycles. The molecule has 0 radical (unpaired) electrons. The van der Waals surface area contributed by atoms with Crippen LogP contribution in [0.2, 0.25) is 0 Å². The third kappa shape index (κ3) is 2.97. The zero-order valence-electron chi connectivity index (χ0n) is 12.2. The van der Waals surface area contributed by atoms with E-state index < -0.39 is 0 Å². The topological polar surface area (TPSA) is 85.0 Å². The Labute approximate surface area is 122 Å². The molecule has 0 saturated carbocycles. The third-order valence-corrected chi connectivity index (χ3v) is 3.63. The number of rotatable bonds is 4. The van der Waals surface area contributed by atoms with Crippen LogP contribution in [-0.4, -0.2) is 39.8 Å². The fourth-order valence-corrected chi connectivity index (χ4v) is 2.49. The molecule has 7 nitrogen and oxygen atoms in total. The van der Waals surface area contributed by atoms with Crippen molar-refractivity contribution < 1.29 is 9.21 Å². The Morgan fingerprint density at radius 1 is 1.62 bits per heavy atom. The maximum Gasteiger partial charge on any atom is 0.273 e. The first-order valence-corrected chi connectivity index (χ1v) is 7.11. The van der Waals surface area contributed by atoms with E-state index in [0.717, 1.165) is 24.9 Å². The number of amides is 1. The fraction of sp³-hybridized carbons (Fsp3) is 0.500. The molecule has 0 aliphatic carbocycles. The van der Waals surface area contributed by atoms with E-state index in [0.29, 0.717) is 29.9 Å². The highest BCUT2D eigenvalue weighted by atomic mass is 16.4. The maximum atomic E-state index is 12.2.